The van der Waals surface area contributed by atoms with Crippen molar-refractivity contribution in [3.63, 3.8) is 0 Å². The predicted molar refractivity (Wildman–Crippen MR) is 95.2 cm³/mol. The monoisotopic (exact) mass is 345 g/mol. The van der Waals surface area contributed by atoms with Crippen LogP contribution in [0.3, 0.4) is 0 Å². The zero-order valence-electron chi connectivity index (χ0n) is 13.9. The number of thiocarbonyl (C=S) groups is 1. The molecule has 1 aliphatic heterocycles. The number of benzene rings is 1. The maximum Gasteiger partial charge on any atom is 0.303 e. The van der Waals surface area contributed by atoms with Crippen LogP contribution >= 0.6 is 12.2 Å². The highest BCUT2D eigenvalue weighted by atomic mass is 32.1. The Labute approximate surface area is 146 Å². The minimum Gasteiger partial charge on any atom is -0.481 e. The number of amides is 1. The van der Waals surface area contributed by atoms with E-state index in [1.165, 1.54) is 4.90 Å². The van der Waals surface area contributed by atoms with E-state index in [0.29, 0.717) is 29.5 Å². The maximum absolute atomic E-state index is 12.8. The zero-order valence-corrected chi connectivity index (χ0v) is 14.7. The van der Waals surface area contributed by atoms with Crippen molar-refractivity contribution in [1.29, 1.82) is 0 Å². The maximum atomic E-state index is 12.8. The van der Waals surface area contributed by atoms with E-state index in [1.807, 2.05) is 6.92 Å². The van der Waals surface area contributed by atoms with Crippen LogP contribution < -0.4 is 4.90 Å². The summed E-state index contributed by atoms with van der Waals surface area (Å²) in [5, 5.41) is 9.16. The van der Waals surface area contributed by atoms with Crippen LogP contribution in [0.25, 0.3) is 4.85 Å². The molecule has 1 aliphatic rings. The zero-order chi connectivity index (χ0) is 18.1. The second-order valence-electron chi connectivity index (χ2n) is 6.21. The molecule has 1 aromatic rings. The molecular weight excluding hydrogens is 326 g/mol. The predicted octanol–water partition coefficient (Wildman–Crippen LogP) is 3.12. The van der Waals surface area contributed by atoms with Gasteiger partial charge in [-0.25, -0.2) is 4.85 Å². The average Bonchev–Trinajstić information content (AvgIpc) is 2.66. The molecule has 126 valence electrons. The number of carbonyl (C=O) groups is 2. The van der Waals surface area contributed by atoms with E-state index >= 15 is 0 Å². The van der Waals surface area contributed by atoms with Gasteiger partial charge in [-0.15, -0.1) is 0 Å². The fraction of sp³-hybridized carbons (Fsp3) is 0.412. The second-order valence-corrected chi connectivity index (χ2v) is 6.58. The van der Waals surface area contributed by atoms with Gasteiger partial charge in [0.15, 0.2) is 10.8 Å². The van der Waals surface area contributed by atoms with Gasteiger partial charge in [-0.3, -0.25) is 14.5 Å². The number of anilines is 1. The van der Waals surface area contributed by atoms with E-state index < -0.39 is 11.5 Å². The molecule has 0 radical (unpaired) electrons. The molecule has 24 heavy (non-hydrogen) atoms. The first kappa shape index (κ1) is 17.9. The standard InChI is InChI=1S/C17H19N3O3S/c1-11-10-12(7-8-13(11)18-4)20-15(23)17(2,3)19(16(20)24)9-5-6-14(21)22/h7-8,10H,5-6,9H2,1-3H3,(H,21,22). The molecule has 7 heteroatoms. The number of nitrogens with zero attached hydrogens (tertiary/aromatic N) is 3. The van der Waals surface area contributed by atoms with Gasteiger partial charge in [-0.2, -0.15) is 0 Å². The van der Waals surface area contributed by atoms with Gasteiger partial charge in [0.1, 0.15) is 5.54 Å². The van der Waals surface area contributed by atoms with Crippen molar-refractivity contribution in [3.8, 4) is 0 Å². The summed E-state index contributed by atoms with van der Waals surface area (Å²) in [4.78, 5) is 30.2. The number of hydrogen-bond acceptors (Lipinski definition) is 3. The van der Waals surface area contributed by atoms with Crippen LogP contribution in [0, 0.1) is 13.5 Å². The van der Waals surface area contributed by atoms with Crippen LogP contribution in [0.15, 0.2) is 18.2 Å². The van der Waals surface area contributed by atoms with Gasteiger partial charge >= 0.3 is 5.97 Å². The highest BCUT2D eigenvalue weighted by Crippen LogP contribution is 2.34. The summed E-state index contributed by atoms with van der Waals surface area (Å²) in [5.41, 5.74) is 1.11. The number of aryl methyl sites for hydroxylation is 1. The van der Waals surface area contributed by atoms with Crippen LogP contribution in [0.1, 0.15) is 32.3 Å². The lowest BCUT2D eigenvalue weighted by Crippen LogP contribution is -2.44. The van der Waals surface area contributed by atoms with E-state index in [0.717, 1.165) is 5.56 Å². The Balaban J connectivity index is 2.30. The summed E-state index contributed by atoms with van der Waals surface area (Å²) < 4.78 is 0. The second kappa shape index (κ2) is 6.57. The third-order valence-corrected chi connectivity index (χ3v) is 4.56. The minimum absolute atomic E-state index is 0.0300. The first-order chi connectivity index (χ1) is 11.2. The molecule has 0 aromatic heterocycles. The summed E-state index contributed by atoms with van der Waals surface area (Å²) in [7, 11) is 0. The quantitative estimate of drug-likeness (QED) is 0.656. The van der Waals surface area contributed by atoms with Crippen LogP contribution in [0.5, 0.6) is 0 Å². The van der Waals surface area contributed by atoms with E-state index in [4.69, 9.17) is 23.9 Å². The van der Waals surface area contributed by atoms with Crippen molar-refractivity contribution in [2.75, 3.05) is 11.4 Å². The molecule has 0 saturated carbocycles. The molecule has 6 nitrogen and oxygen atoms in total. The number of rotatable bonds is 5. The lowest BCUT2D eigenvalue weighted by Gasteiger charge is -2.29. The highest BCUT2D eigenvalue weighted by Gasteiger charge is 2.49. The van der Waals surface area contributed by atoms with Crippen molar-refractivity contribution < 1.29 is 14.7 Å². The van der Waals surface area contributed by atoms with Gasteiger partial charge < -0.3 is 10.0 Å². The fourth-order valence-electron chi connectivity index (χ4n) is 2.73. The molecule has 0 unspecified atom stereocenters. The molecule has 1 saturated heterocycles. The molecule has 2 rings (SSSR count). The Morgan fingerprint density at radius 1 is 1.42 bits per heavy atom. The molecule has 0 bridgehead atoms. The Morgan fingerprint density at radius 2 is 2.08 bits per heavy atom. The Bertz CT molecular complexity index is 752. The van der Waals surface area contributed by atoms with E-state index in [9.17, 15) is 9.59 Å². The highest BCUT2D eigenvalue weighted by molar-refractivity contribution is 7.80. The van der Waals surface area contributed by atoms with Crippen LogP contribution in [0.2, 0.25) is 0 Å². The molecular formula is C17H19N3O3S. The normalized spacial score (nSPS) is 16.4. The fourth-order valence-corrected chi connectivity index (χ4v) is 3.24. The molecule has 0 atom stereocenters. The van der Waals surface area contributed by atoms with Gasteiger partial charge in [0.2, 0.25) is 0 Å². The molecule has 1 fully saturated rings. The van der Waals surface area contributed by atoms with Crippen molar-refractivity contribution in [1.82, 2.24) is 4.90 Å². The Morgan fingerprint density at radius 3 is 2.62 bits per heavy atom. The molecule has 0 aliphatic carbocycles. The van der Waals surface area contributed by atoms with Crippen LogP contribution in [-0.4, -0.2) is 39.1 Å². The van der Waals surface area contributed by atoms with Gasteiger partial charge in [0.25, 0.3) is 5.91 Å². The third-order valence-electron chi connectivity index (χ3n) is 4.15. The van der Waals surface area contributed by atoms with Gasteiger partial charge in [-0.1, -0.05) is 6.07 Å². The average molecular weight is 345 g/mol. The number of carboxylic acids is 1. The van der Waals surface area contributed by atoms with Gasteiger partial charge in [-0.05, 0) is 57.1 Å². The van der Waals surface area contributed by atoms with Crippen LogP contribution in [-0.2, 0) is 9.59 Å². The van der Waals surface area contributed by atoms with Crippen molar-refractivity contribution in [2.45, 2.75) is 39.2 Å². The topological polar surface area (TPSA) is 65.2 Å². The largest absolute Gasteiger partial charge is 0.481 e. The smallest absolute Gasteiger partial charge is 0.303 e. The van der Waals surface area contributed by atoms with E-state index in [1.54, 1.807) is 36.9 Å². The summed E-state index contributed by atoms with van der Waals surface area (Å²) >= 11 is 5.48. The first-order valence-electron chi connectivity index (χ1n) is 7.56. The molecule has 0 spiro atoms. The molecule has 1 N–H and O–H groups in total. The summed E-state index contributed by atoms with van der Waals surface area (Å²) in [6.07, 6.45) is 0.442. The number of hydrogen-bond donors (Lipinski definition) is 1. The van der Waals surface area contributed by atoms with E-state index in [2.05, 4.69) is 4.85 Å². The minimum atomic E-state index is -0.869. The van der Waals surface area contributed by atoms with Crippen molar-refractivity contribution >= 4 is 40.6 Å². The van der Waals surface area contributed by atoms with Gasteiger partial charge in [0.05, 0.1) is 6.57 Å². The number of aliphatic carboxylic acids is 1. The lowest BCUT2D eigenvalue weighted by atomic mass is 10.0. The van der Waals surface area contributed by atoms with Crippen molar-refractivity contribution in [3.05, 3.63) is 35.2 Å². The van der Waals surface area contributed by atoms with Crippen molar-refractivity contribution in [2.24, 2.45) is 0 Å². The van der Waals surface area contributed by atoms with E-state index in [-0.39, 0.29) is 12.3 Å². The first-order valence-corrected chi connectivity index (χ1v) is 7.97. The summed E-state index contributed by atoms with van der Waals surface area (Å²) in [6.45, 7) is 12.9. The molecule has 1 amide bonds. The Kier molecular flexibility index (Phi) is 4.90. The summed E-state index contributed by atoms with van der Waals surface area (Å²) in [6, 6.07) is 5.16. The van der Waals surface area contributed by atoms with Crippen LogP contribution in [0.4, 0.5) is 11.4 Å². The molecule has 1 aromatic carbocycles. The third kappa shape index (κ3) is 3.10. The van der Waals surface area contributed by atoms with Gasteiger partial charge in [0, 0.05) is 18.7 Å². The lowest BCUT2D eigenvalue weighted by molar-refractivity contribution is -0.137. The SMILES string of the molecule is [C-]#[N+]c1ccc(N2C(=O)C(C)(C)N(CCCC(=O)O)C2=S)cc1C. The Hall–Kier alpha value is -2.46. The molecule has 1 heterocycles. The number of carboxylic acid groups (broad SMARTS) is 1. The summed E-state index contributed by atoms with van der Waals surface area (Å²) in [5.74, 6) is -1.02. The number of carbonyl (C=O) groups excluding carboxylic acids is 1.